The highest BCUT2D eigenvalue weighted by atomic mass is 32.2. The van der Waals surface area contributed by atoms with Crippen LogP contribution in [0.5, 0.6) is 0 Å². The van der Waals surface area contributed by atoms with Crippen LogP contribution in [0.4, 0.5) is 5.69 Å². The molecule has 112 valence electrons. The Hall–Kier alpha value is -1.18. The van der Waals surface area contributed by atoms with Gasteiger partial charge in [-0.1, -0.05) is 0 Å². The highest BCUT2D eigenvalue weighted by Crippen LogP contribution is 2.21. The molecule has 0 aromatic carbocycles. The lowest BCUT2D eigenvalue weighted by Gasteiger charge is -2.31. The third-order valence-corrected chi connectivity index (χ3v) is 5.11. The molecule has 1 fully saturated rings. The van der Waals surface area contributed by atoms with Crippen LogP contribution in [-0.2, 0) is 10.2 Å². The van der Waals surface area contributed by atoms with Crippen molar-refractivity contribution in [3.05, 3.63) is 23.5 Å². The number of aromatic nitrogens is 1. The maximum absolute atomic E-state index is 12.4. The van der Waals surface area contributed by atoms with Crippen molar-refractivity contribution in [1.82, 2.24) is 9.29 Å². The molecule has 6 nitrogen and oxygen atoms in total. The summed E-state index contributed by atoms with van der Waals surface area (Å²) in [5.41, 5.74) is 7.73. The molecule has 0 bridgehead atoms. The van der Waals surface area contributed by atoms with E-state index in [1.807, 2.05) is 6.92 Å². The third kappa shape index (κ3) is 3.47. The minimum Gasteiger partial charge on any atom is -0.330 e. The topological polar surface area (TPSA) is 88.3 Å². The average Bonchev–Trinajstić information content (AvgIpc) is 2.42. The Morgan fingerprint density at radius 2 is 2.20 bits per heavy atom. The van der Waals surface area contributed by atoms with E-state index in [1.165, 1.54) is 4.31 Å². The van der Waals surface area contributed by atoms with Gasteiger partial charge >= 0.3 is 10.2 Å². The summed E-state index contributed by atoms with van der Waals surface area (Å²) in [4.78, 5) is 4.27. The predicted octanol–water partition coefficient (Wildman–Crippen LogP) is 1.03. The van der Waals surface area contributed by atoms with E-state index in [4.69, 9.17) is 5.73 Å². The van der Waals surface area contributed by atoms with Crippen LogP contribution in [0.15, 0.2) is 12.1 Å². The van der Waals surface area contributed by atoms with Crippen molar-refractivity contribution >= 4 is 15.9 Å². The van der Waals surface area contributed by atoms with Crippen LogP contribution in [0.2, 0.25) is 0 Å². The summed E-state index contributed by atoms with van der Waals surface area (Å²) in [7, 11) is -3.53. The molecule has 3 N–H and O–H groups in total. The quantitative estimate of drug-likeness (QED) is 0.869. The SMILES string of the molecule is Cc1ccc(NS(=O)(=O)N2CCCC(CN)C2)c(C)n1. The minimum atomic E-state index is -3.53. The normalized spacial score (nSPS) is 20.9. The van der Waals surface area contributed by atoms with Crippen LogP contribution in [0.25, 0.3) is 0 Å². The molecule has 1 aromatic heterocycles. The number of anilines is 1. The number of aryl methyl sites for hydroxylation is 2. The number of hydrogen-bond acceptors (Lipinski definition) is 4. The summed E-state index contributed by atoms with van der Waals surface area (Å²) in [6.45, 7) is 5.23. The van der Waals surface area contributed by atoms with Crippen LogP contribution in [0, 0.1) is 19.8 Å². The molecule has 1 saturated heterocycles. The van der Waals surface area contributed by atoms with E-state index < -0.39 is 10.2 Å². The molecule has 0 amide bonds. The Morgan fingerprint density at radius 1 is 1.45 bits per heavy atom. The fourth-order valence-corrected chi connectivity index (χ4v) is 3.83. The van der Waals surface area contributed by atoms with E-state index in [9.17, 15) is 8.42 Å². The average molecular weight is 298 g/mol. The van der Waals surface area contributed by atoms with Crippen molar-refractivity contribution in [3.8, 4) is 0 Å². The van der Waals surface area contributed by atoms with Crippen molar-refractivity contribution in [1.29, 1.82) is 0 Å². The lowest BCUT2D eigenvalue weighted by Crippen LogP contribution is -2.44. The molecule has 1 unspecified atom stereocenters. The first-order valence-corrected chi connectivity index (χ1v) is 8.28. The first kappa shape index (κ1) is 15.2. The number of nitrogens with two attached hydrogens (primary N) is 1. The molecule has 0 radical (unpaired) electrons. The fourth-order valence-electron chi connectivity index (χ4n) is 2.44. The van der Waals surface area contributed by atoms with Crippen molar-refractivity contribution in [2.45, 2.75) is 26.7 Å². The second-order valence-electron chi connectivity index (χ2n) is 5.29. The van der Waals surface area contributed by atoms with E-state index in [-0.39, 0.29) is 5.92 Å². The Kier molecular flexibility index (Phi) is 4.62. The predicted molar refractivity (Wildman–Crippen MR) is 79.6 cm³/mol. The Balaban J connectivity index is 2.14. The van der Waals surface area contributed by atoms with Crippen LogP contribution in [0.3, 0.4) is 0 Å². The van der Waals surface area contributed by atoms with Gasteiger partial charge in [0.05, 0.1) is 11.4 Å². The van der Waals surface area contributed by atoms with Gasteiger partial charge in [-0.15, -0.1) is 0 Å². The maximum Gasteiger partial charge on any atom is 0.301 e. The molecule has 1 aliphatic heterocycles. The highest BCUT2D eigenvalue weighted by molar-refractivity contribution is 7.90. The Morgan fingerprint density at radius 3 is 2.85 bits per heavy atom. The summed E-state index contributed by atoms with van der Waals surface area (Å²) in [6.07, 6.45) is 1.85. The van der Waals surface area contributed by atoms with Crippen molar-refractivity contribution < 1.29 is 8.42 Å². The molecule has 2 heterocycles. The van der Waals surface area contributed by atoms with Gasteiger partial charge in [-0.25, -0.2) is 0 Å². The summed E-state index contributed by atoms with van der Waals surface area (Å²) in [6, 6.07) is 3.54. The van der Waals surface area contributed by atoms with Gasteiger partial charge in [0.1, 0.15) is 0 Å². The molecule has 0 aliphatic carbocycles. The summed E-state index contributed by atoms with van der Waals surface area (Å²) < 4.78 is 28.9. The smallest absolute Gasteiger partial charge is 0.301 e. The molecule has 0 spiro atoms. The first-order chi connectivity index (χ1) is 9.42. The van der Waals surface area contributed by atoms with Crippen molar-refractivity contribution in [2.75, 3.05) is 24.4 Å². The summed E-state index contributed by atoms with van der Waals surface area (Å²) in [5, 5.41) is 0. The molecule has 1 atom stereocenters. The highest BCUT2D eigenvalue weighted by Gasteiger charge is 2.28. The molecule has 2 rings (SSSR count). The Bertz CT molecular complexity index is 574. The van der Waals surface area contributed by atoms with Crippen LogP contribution < -0.4 is 10.5 Å². The van der Waals surface area contributed by atoms with Gasteiger partial charge in [0, 0.05) is 18.8 Å². The van der Waals surface area contributed by atoms with Gasteiger partial charge in [0.2, 0.25) is 0 Å². The summed E-state index contributed by atoms with van der Waals surface area (Å²) >= 11 is 0. The maximum atomic E-state index is 12.4. The zero-order chi connectivity index (χ0) is 14.8. The second kappa shape index (κ2) is 6.07. The lowest BCUT2D eigenvalue weighted by molar-refractivity contribution is 0.273. The van der Waals surface area contributed by atoms with E-state index in [0.717, 1.165) is 18.5 Å². The largest absolute Gasteiger partial charge is 0.330 e. The van der Waals surface area contributed by atoms with Crippen LogP contribution in [0.1, 0.15) is 24.2 Å². The molecule has 1 aromatic rings. The standard InChI is InChI=1S/C13H22N4O2S/c1-10-5-6-13(11(2)15-10)16-20(18,19)17-7-3-4-12(8-14)9-17/h5-6,12,16H,3-4,7-9,14H2,1-2H3. The number of rotatable bonds is 4. The van der Waals surface area contributed by atoms with Gasteiger partial charge in [0.15, 0.2) is 0 Å². The minimum absolute atomic E-state index is 0.248. The lowest BCUT2D eigenvalue weighted by atomic mass is 10.0. The van der Waals surface area contributed by atoms with Crippen LogP contribution >= 0.6 is 0 Å². The summed E-state index contributed by atoms with van der Waals surface area (Å²) in [5.74, 6) is 0.248. The van der Waals surface area contributed by atoms with Crippen molar-refractivity contribution in [2.24, 2.45) is 11.7 Å². The zero-order valence-corrected chi connectivity index (χ0v) is 12.8. The number of nitrogens with zero attached hydrogens (tertiary/aromatic N) is 2. The molecule has 20 heavy (non-hydrogen) atoms. The monoisotopic (exact) mass is 298 g/mol. The molecule has 1 aliphatic rings. The van der Waals surface area contributed by atoms with Gasteiger partial charge < -0.3 is 5.73 Å². The van der Waals surface area contributed by atoms with Gasteiger partial charge in [0.25, 0.3) is 0 Å². The van der Waals surface area contributed by atoms with Gasteiger partial charge in [-0.3, -0.25) is 9.71 Å². The zero-order valence-electron chi connectivity index (χ0n) is 12.0. The number of nitrogens with one attached hydrogen (secondary N) is 1. The molecule has 7 heteroatoms. The van der Waals surface area contributed by atoms with Gasteiger partial charge in [-0.2, -0.15) is 12.7 Å². The number of piperidine rings is 1. The second-order valence-corrected chi connectivity index (χ2v) is 6.97. The van der Waals surface area contributed by atoms with Crippen LogP contribution in [-0.4, -0.2) is 37.3 Å². The molecular weight excluding hydrogens is 276 g/mol. The van der Waals surface area contributed by atoms with E-state index in [2.05, 4.69) is 9.71 Å². The van der Waals surface area contributed by atoms with E-state index >= 15 is 0 Å². The first-order valence-electron chi connectivity index (χ1n) is 6.84. The van der Waals surface area contributed by atoms with Gasteiger partial charge in [-0.05, 0) is 51.3 Å². The third-order valence-electron chi connectivity index (χ3n) is 3.62. The number of pyridine rings is 1. The fraction of sp³-hybridized carbons (Fsp3) is 0.615. The molecule has 0 saturated carbocycles. The molecular formula is C13H22N4O2S. The van der Waals surface area contributed by atoms with E-state index in [1.54, 1.807) is 19.1 Å². The van der Waals surface area contributed by atoms with Crippen molar-refractivity contribution in [3.63, 3.8) is 0 Å². The Labute approximate surface area is 120 Å². The van der Waals surface area contributed by atoms with E-state index in [0.29, 0.717) is 31.0 Å². The number of hydrogen-bond donors (Lipinski definition) is 2.